The first-order valence-corrected chi connectivity index (χ1v) is 8.67. The smallest absolute Gasteiger partial charge is 0.235 e. The Hall–Kier alpha value is -1.99. The van der Waals surface area contributed by atoms with Crippen molar-refractivity contribution in [2.75, 3.05) is 11.1 Å². The maximum atomic E-state index is 12.0. The molecular weight excluding hydrogens is 376 g/mol. The first kappa shape index (κ1) is 15.9. The summed E-state index contributed by atoms with van der Waals surface area (Å²) >= 11 is 4.68. The van der Waals surface area contributed by atoms with Gasteiger partial charge in [0.15, 0.2) is 0 Å². The van der Waals surface area contributed by atoms with Crippen LogP contribution in [0, 0.1) is 6.92 Å². The third kappa shape index (κ3) is 4.05. The van der Waals surface area contributed by atoms with Gasteiger partial charge >= 0.3 is 0 Å². The predicted octanol–water partition coefficient (Wildman–Crippen LogP) is 3.83. The lowest BCUT2D eigenvalue weighted by Crippen LogP contribution is -2.15. The SMILES string of the molecule is Cc1nc2ccccc2nc1SCC(=O)Nc1ccc(Br)cn1. The van der Waals surface area contributed by atoms with E-state index in [0.717, 1.165) is 26.2 Å². The van der Waals surface area contributed by atoms with E-state index in [2.05, 4.69) is 36.2 Å². The van der Waals surface area contributed by atoms with Crippen molar-refractivity contribution in [3.8, 4) is 0 Å². The van der Waals surface area contributed by atoms with Crippen LogP contribution in [0.4, 0.5) is 5.82 Å². The molecule has 0 spiro atoms. The van der Waals surface area contributed by atoms with E-state index in [1.54, 1.807) is 12.3 Å². The summed E-state index contributed by atoms with van der Waals surface area (Å²) in [5.74, 6) is 0.658. The van der Waals surface area contributed by atoms with Crippen LogP contribution in [0.1, 0.15) is 5.69 Å². The topological polar surface area (TPSA) is 67.8 Å². The minimum absolute atomic E-state index is 0.126. The van der Waals surface area contributed by atoms with Crippen molar-refractivity contribution in [3.63, 3.8) is 0 Å². The largest absolute Gasteiger partial charge is 0.310 e. The van der Waals surface area contributed by atoms with Crippen LogP contribution in [-0.2, 0) is 4.79 Å². The first-order valence-electron chi connectivity index (χ1n) is 6.89. The van der Waals surface area contributed by atoms with Gasteiger partial charge in [0, 0.05) is 10.7 Å². The molecule has 1 aromatic carbocycles. The fraction of sp³-hybridized carbons (Fsp3) is 0.125. The molecular formula is C16H13BrN4OS. The second kappa shape index (κ2) is 7.06. The van der Waals surface area contributed by atoms with Crippen molar-refractivity contribution >= 4 is 50.5 Å². The summed E-state index contributed by atoms with van der Waals surface area (Å²) in [6.07, 6.45) is 1.64. The Balaban J connectivity index is 1.66. The number of pyridine rings is 1. The Morgan fingerprint density at radius 3 is 2.61 bits per heavy atom. The molecule has 7 heteroatoms. The van der Waals surface area contributed by atoms with Gasteiger partial charge in [-0.2, -0.15) is 0 Å². The van der Waals surface area contributed by atoms with Gasteiger partial charge < -0.3 is 5.32 Å². The van der Waals surface area contributed by atoms with Crippen LogP contribution >= 0.6 is 27.7 Å². The molecule has 3 rings (SSSR count). The van der Waals surface area contributed by atoms with Crippen molar-refractivity contribution in [2.24, 2.45) is 0 Å². The number of fused-ring (bicyclic) bond motifs is 1. The fourth-order valence-electron chi connectivity index (χ4n) is 1.97. The number of anilines is 1. The number of hydrogen-bond donors (Lipinski definition) is 1. The average Bonchev–Trinajstić information content (AvgIpc) is 2.55. The molecule has 1 amide bonds. The highest BCUT2D eigenvalue weighted by molar-refractivity contribution is 9.10. The summed E-state index contributed by atoms with van der Waals surface area (Å²) in [7, 11) is 0. The van der Waals surface area contributed by atoms with E-state index in [4.69, 9.17) is 0 Å². The molecule has 1 N–H and O–H groups in total. The lowest BCUT2D eigenvalue weighted by molar-refractivity contribution is -0.113. The monoisotopic (exact) mass is 388 g/mol. The number of rotatable bonds is 4. The van der Waals surface area contributed by atoms with Crippen molar-refractivity contribution in [1.29, 1.82) is 0 Å². The predicted molar refractivity (Wildman–Crippen MR) is 95.6 cm³/mol. The molecule has 0 saturated heterocycles. The molecule has 0 aliphatic carbocycles. The molecule has 23 heavy (non-hydrogen) atoms. The third-order valence-electron chi connectivity index (χ3n) is 3.04. The normalized spacial score (nSPS) is 10.7. The van der Waals surface area contributed by atoms with E-state index in [1.807, 2.05) is 37.3 Å². The van der Waals surface area contributed by atoms with Gasteiger partial charge in [0.25, 0.3) is 0 Å². The Kier molecular flexibility index (Phi) is 4.88. The number of para-hydroxylation sites is 2. The second-order valence-corrected chi connectivity index (χ2v) is 6.68. The lowest BCUT2D eigenvalue weighted by Gasteiger charge is -2.07. The quantitative estimate of drug-likeness (QED) is 0.687. The summed E-state index contributed by atoms with van der Waals surface area (Å²) in [5.41, 5.74) is 2.51. The number of aromatic nitrogens is 3. The molecule has 116 valence electrons. The maximum absolute atomic E-state index is 12.0. The number of nitrogens with zero attached hydrogens (tertiary/aromatic N) is 3. The highest BCUT2D eigenvalue weighted by Gasteiger charge is 2.09. The summed E-state index contributed by atoms with van der Waals surface area (Å²) in [4.78, 5) is 25.2. The Labute approximate surface area is 146 Å². The zero-order valence-electron chi connectivity index (χ0n) is 12.3. The first-order chi connectivity index (χ1) is 11.1. The molecule has 0 bridgehead atoms. The maximum Gasteiger partial charge on any atom is 0.235 e. The van der Waals surface area contributed by atoms with Crippen molar-refractivity contribution < 1.29 is 4.79 Å². The number of benzene rings is 1. The van der Waals surface area contributed by atoms with Crippen LogP contribution < -0.4 is 5.32 Å². The van der Waals surface area contributed by atoms with Crippen LogP contribution in [0.2, 0.25) is 0 Å². The van der Waals surface area contributed by atoms with Gasteiger partial charge in [-0.05, 0) is 47.1 Å². The molecule has 0 fully saturated rings. The lowest BCUT2D eigenvalue weighted by atomic mass is 10.3. The molecule has 0 radical (unpaired) electrons. The van der Waals surface area contributed by atoms with E-state index in [1.165, 1.54) is 11.8 Å². The number of nitrogens with one attached hydrogen (secondary N) is 1. The number of halogens is 1. The van der Waals surface area contributed by atoms with Gasteiger partial charge in [-0.3, -0.25) is 4.79 Å². The number of carbonyl (C=O) groups excluding carboxylic acids is 1. The molecule has 0 aliphatic heterocycles. The summed E-state index contributed by atoms with van der Waals surface area (Å²) < 4.78 is 0.868. The molecule has 3 aromatic rings. The van der Waals surface area contributed by atoms with Crippen molar-refractivity contribution in [3.05, 3.63) is 52.8 Å². The van der Waals surface area contributed by atoms with E-state index in [-0.39, 0.29) is 11.7 Å². The van der Waals surface area contributed by atoms with Crippen molar-refractivity contribution in [2.45, 2.75) is 11.9 Å². The van der Waals surface area contributed by atoms with E-state index < -0.39 is 0 Å². The molecule has 0 unspecified atom stereocenters. The summed E-state index contributed by atoms with van der Waals surface area (Å²) in [6, 6.07) is 11.3. The summed E-state index contributed by atoms with van der Waals surface area (Å²) in [5, 5.41) is 3.52. The highest BCUT2D eigenvalue weighted by atomic mass is 79.9. The van der Waals surface area contributed by atoms with Gasteiger partial charge in [0.1, 0.15) is 10.8 Å². The zero-order chi connectivity index (χ0) is 16.2. The van der Waals surface area contributed by atoms with E-state index in [9.17, 15) is 4.79 Å². The van der Waals surface area contributed by atoms with Crippen LogP contribution in [-0.4, -0.2) is 26.6 Å². The number of hydrogen-bond acceptors (Lipinski definition) is 5. The van der Waals surface area contributed by atoms with Crippen LogP contribution in [0.15, 0.2) is 52.1 Å². The van der Waals surface area contributed by atoms with E-state index >= 15 is 0 Å². The third-order valence-corrected chi connectivity index (χ3v) is 4.57. The van der Waals surface area contributed by atoms with Crippen LogP contribution in [0.5, 0.6) is 0 Å². The molecule has 2 heterocycles. The van der Waals surface area contributed by atoms with Crippen LogP contribution in [0.25, 0.3) is 11.0 Å². The Morgan fingerprint density at radius 2 is 1.91 bits per heavy atom. The Morgan fingerprint density at radius 1 is 1.17 bits per heavy atom. The average molecular weight is 389 g/mol. The number of thioether (sulfide) groups is 1. The fourth-order valence-corrected chi connectivity index (χ4v) is 2.96. The highest BCUT2D eigenvalue weighted by Crippen LogP contribution is 2.22. The number of amides is 1. The Bertz CT molecular complexity index is 854. The molecule has 0 aliphatic rings. The van der Waals surface area contributed by atoms with Gasteiger partial charge in [-0.15, -0.1) is 0 Å². The van der Waals surface area contributed by atoms with Gasteiger partial charge in [-0.25, -0.2) is 15.0 Å². The van der Waals surface area contributed by atoms with Crippen LogP contribution in [0.3, 0.4) is 0 Å². The number of aryl methyl sites for hydroxylation is 1. The second-order valence-electron chi connectivity index (χ2n) is 4.80. The minimum Gasteiger partial charge on any atom is -0.310 e. The van der Waals surface area contributed by atoms with Gasteiger partial charge in [0.2, 0.25) is 5.91 Å². The molecule has 5 nitrogen and oxygen atoms in total. The molecule has 0 atom stereocenters. The molecule has 2 aromatic heterocycles. The summed E-state index contributed by atoms with van der Waals surface area (Å²) in [6.45, 7) is 1.90. The van der Waals surface area contributed by atoms with Crippen molar-refractivity contribution in [1.82, 2.24) is 15.0 Å². The van der Waals surface area contributed by atoms with E-state index in [0.29, 0.717) is 5.82 Å². The van der Waals surface area contributed by atoms with Gasteiger partial charge in [0.05, 0.1) is 22.5 Å². The molecule has 0 saturated carbocycles. The zero-order valence-corrected chi connectivity index (χ0v) is 14.7. The standard InChI is InChI=1S/C16H13BrN4OS/c1-10-16(20-13-5-3-2-4-12(13)19-10)23-9-15(22)21-14-7-6-11(17)8-18-14/h2-8H,9H2,1H3,(H,18,21,22). The number of carbonyl (C=O) groups is 1. The minimum atomic E-state index is -0.126. The van der Waals surface area contributed by atoms with Gasteiger partial charge in [-0.1, -0.05) is 23.9 Å².